The van der Waals surface area contributed by atoms with E-state index in [1.807, 2.05) is 30.4 Å². The third-order valence-corrected chi connectivity index (χ3v) is 9.49. The number of rotatable bonds is 8. The molecule has 0 heterocycles. The Hall–Kier alpha value is -1.70. The van der Waals surface area contributed by atoms with Crippen LogP contribution in [-0.2, 0) is 10.0 Å². The van der Waals surface area contributed by atoms with Gasteiger partial charge in [0.1, 0.15) is 0 Å². The molecule has 5 nitrogen and oxygen atoms in total. The number of hydrogen-bond acceptors (Lipinski definition) is 3. The minimum atomic E-state index is -3.77. The highest BCUT2D eigenvalue weighted by molar-refractivity contribution is 9.10. The molecule has 0 bridgehead atoms. The summed E-state index contributed by atoms with van der Waals surface area (Å²) in [4.78, 5) is 13.0. The first-order valence-electron chi connectivity index (χ1n) is 11.7. The minimum Gasteiger partial charge on any atom is -0.352 e. The van der Waals surface area contributed by atoms with Gasteiger partial charge in [0.2, 0.25) is 10.0 Å². The van der Waals surface area contributed by atoms with Gasteiger partial charge in [-0.25, -0.2) is 8.42 Å². The predicted octanol–water partition coefficient (Wildman–Crippen LogP) is 5.70. The third-order valence-electron chi connectivity index (χ3n) is 6.70. The molecule has 2 atom stereocenters. The van der Waals surface area contributed by atoms with Crippen LogP contribution in [0.25, 0.3) is 0 Å². The van der Waals surface area contributed by atoms with Crippen molar-refractivity contribution in [2.45, 2.75) is 50.8 Å². The molecule has 1 fully saturated rings. The van der Waals surface area contributed by atoms with E-state index in [4.69, 9.17) is 0 Å². The van der Waals surface area contributed by atoms with Crippen LogP contribution in [-0.4, -0.2) is 38.8 Å². The van der Waals surface area contributed by atoms with Gasteiger partial charge in [-0.1, -0.05) is 62.6 Å². The zero-order valence-corrected chi connectivity index (χ0v) is 22.2. The van der Waals surface area contributed by atoms with Crippen molar-refractivity contribution in [3.8, 4) is 0 Å². The minimum absolute atomic E-state index is 0.107. The molecule has 2 aliphatic carbocycles. The highest BCUT2D eigenvalue weighted by atomic mass is 79.9. The maximum Gasteiger partial charge on any atom is 0.251 e. The molecule has 0 unspecified atom stereocenters. The number of nitrogens with one attached hydrogen (secondary N) is 1. The van der Waals surface area contributed by atoms with E-state index in [0.29, 0.717) is 41.4 Å². The molecule has 1 N–H and O–H groups in total. The Kier molecular flexibility index (Phi) is 9.13. The van der Waals surface area contributed by atoms with Crippen LogP contribution in [0.15, 0.2) is 63.5 Å². The van der Waals surface area contributed by atoms with E-state index < -0.39 is 10.0 Å². The van der Waals surface area contributed by atoms with Gasteiger partial charge in [0.05, 0.1) is 4.90 Å². The zero-order chi connectivity index (χ0) is 24.0. The summed E-state index contributed by atoms with van der Waals surface area (Å²) in [6, 6.07) is 4.78. The van der Waals surface area contributed by atoms with Gasteiger partial charge in [-0.3, -0.25) is 4.79 Å². The third kappa shape index (κ3) is 6.90. The van der Waals surface area contributed by atoms with Gasteiger partial charge < -0.3 is 5.32 Å². The summed E-state index contributed by atoms with van der Waals surface area (Å²) < 4.78 is 28.4. The number of halogens is 1. The molecule has 1 aromatic rings. The molecule has 0 aliphatic heterocycles. The first kappa shape index (κ1) is 25.9. The molecule has 0 radical (unpaired) electrons. The van der Waals surface area contributed by atoms with Crippen molar-refractivity contribution < 1.29 is 13.2 Å². The molecular weight excluding hydrogens is 500 g/mol. The molecule has 0 aromatic heterocycles. The van der Waals surface area contributed by atoms with Crippen LogP contribution < -0.4 is 5.32 Å². The highest BCUT2D eigenvalue weighted by Crippen LogP contribution is 2.33. The van der Waals surface area contributed by atoms with E-state index in [-0.39, 0.29) is 10.8 Å². The normalized spacial score (nSPS) is 21.2. The molecule has 0 spiro atoms. The number of amides is 1. The molecule has 1 aromatic carbocycles. The largest absolute Gasteiger partial charge is 0.352 e. The second kappa shape index (κ2) is 11.6. The lowest BCUT2D eigenvalue weighted by molar-refractivity contribution is 0.0937. The Labute approximate surface area is 207 Å². The van der Waals surface area contributed by atoms with Gasteiger partial charge in [-0.2, -0.15) is 4.31 Å². The Bertz CT molecular complexity index is 1040. The second-order valence-corrected chi connectivity index (χ2v) is 12.4. The summed E-state index contributed by atoms with van der Waals surface area (Å²) >= 11 is 3.37. The average Bonchev–Trinajstić information content (AvgIpc) is 3.06. The van der Waals surface area contributed by atoms with Crippen molar-refractivity contribution in [3.63, 3.8) is 0 Å². The zero-order valence-electron chi connectivity index (χ0n) is 19.8. The smallest absolute Gasteiger partial charge is 0.251 e. The maximum absolute atomic E-state index is 13.3. The first-order valence-corrected chi connectivity index (χ1v) is 14.0. The van der Waals surface area contributed by atoms with Gasteiger partial charge in [0.25, 0.3) is 5.91 Å². The average molecular weight is 536 g/mol. The lowest BCUT2D eigenvalue weighted by Crippen LogP contribution is -2.33. The number of carbonyl (C=O) groups is 1. The van der Waals surface area contributed by atoms with E-state index in [1.165, 1.54) is 23.2 Å². The van der Waals surface area contributed by atoms with Crippen LogP contribution in [0.1, 0.15) is 56.3 Å². The molecular formula is C26H35BrN2O3S. The first-order chi connectivity index (χ1) is 15.7. The Morgan fingerprint density at radius 2 is 2.00 bits per heavy atom. The number of sulfonamides is 1. The Balaban J connectivity index is 1.69. The fourth-order valence-corrected chi connectivity index (χ4v) is 6.71. The van der Waals surface area contributed by atoms with Gasteiger partial charge >= 0.3 is 0 Å². The van der Waals surface area contributed by atoms with Crippen LogP contribution in [0.4, 0.5) is 0 Å². The Morgan fingerprint density at radius 3 is 2.76 bits per heavy atom. The lowest BCUT2D eigenvalue weighted by Gasteiger charge is -2.31. The van der Waals surface area contributed by atoms with Crippen molar-refractivity contribution in [2.75, 3.05) is 20.1 Å². The molecule has 1 saturated carbocycles. The molecule has 1 amide bonds. The Morgan fingerprint density at radius 1 is 1.21 bits per heavy atom. The number of likely N-dealkylation sites (N-methyl/N-ethyl adjacent to an activating group) is 1. The van der Waals surface area contributed by atoms with Crippen LogP contribution in [0.2, 0.25) is 0 Å². The number of nitrogens with zero attached hydrogens (tertiary/aromatic N) is 1. The van der Waals surface area contributed by atoms with Crippen molar-refractivity contribution in [1.29, 1.82) is 0 Å². The molecule has 33 heavy (non-hydrogen) atoms. The summed E-state index contributed by atoms with van der Waals surface area (Å²) in [7, 11) is -2.20. The summed E-state index contributed by atoms with van der Waals surface area (Å²) in [6.07, 6.45) is 15.2. The number of hydrogen-bond donors (Lipinski definition) is 1. The fraction of sp³-hybridized carbons (Fsp3) is 0.500. The lowest BCUT2D eigenvalue weighted by atomic mass is 9.76. The SMILES string of the molecule is CC(C)[C@@H]1CCC[C@H](CNC(=O)c2ccc(Br)c(S(=O)(=O)N(C)CC3=CC=CC=CC3)c2)C1. The summed E-state index contributed by atoms with van der Waals surface area (Å²) in [5.41, 5.74) is 1.37. The van der Waals surface area contributed by atoms with Gasteiger partial charge in [-0.15, -0.1) is 0 Å². The number of allylic oxidation sites excluding steroid dienone is 5. The van der Waals surface area contributed by atoms with Crippen LogP contribution >= 0.6 is 15.9 Å². The van der Waals surface area contributed by atoms with Crippen molar-refractivity contribution in [1.82, 2.24) is 9.62 Å². The topological polar surface area (TPSA) is 66.5 Å². The van der Waals surface area contributed by atoms with Crippen molar-refractivity contribution in [2.24, 2.45) is 17.8 Å². The number of carbonyl (C=O) groups excluding carboxylic acids is 1. The number of benzene rings is 1. The monoisotopic (exact) mass is 534 g/mol. The quantitative estimate of drug-likeness (QED) is 0.464. The molecule has 3 rings (SSSR count). The van der Waals surface area contributed by atoms with E-state index in [0.717, 1.165) is 24.3 Å². The van der Waals surface area contributed by atoms with Crippen molar-refractivity contribution >= 4 is 31.9 Å². The molecule has 180 valence electrons. The summed E-state index contributed by atoms with van der Waals surface area (Å²) in [6.45, 7) is 5.46. The van der Waals surface area contributed by atoms with E-state index in [1.54, 1.807) is 19.2 Å². The van der Waals surface area contributed by atoms with Crippen LogP contribution in [0.5, 0.6) is 0 Å². The van der Waals surface area contributed by atoms with Gasteiger partial charge in [0.15, 0.2) is 0 Å². The fourth-order valence-electron chi connectivity index (χ4n) is 4.58. The summed E-state index contributed by atoms with van der Waals surface area (Å²) in [5, 5.41) is 3.04. The van der Waals surface area contributed by atoms with Gasteiger partial charge in [-0.05, 0) is 71.1 Å². The van der Waals surface area contributed by atoms with Crippen molar-refractivity contribution in [3.05, 3.63) is 64.2 Å². The summed E-state index contributed by atoms with van der Waals surface area (Å²) in [5.74, 6) is 1.64. The van der Waals surface area contributed by atoms with Gasteiger partial charge in [0, 0.05) is 30.2 Å². The second-order valence-electron chi connectivity index (χ2n) is 9.50. The van der Waals surface area contributed by atoms with E-state index >= 15 is 0 Å². The highest BCUT2D eigenvalue weighted by Gasteiger charge is 2.27. The predicted molar refractivity (Wildman–Crippen MR) is 138 cm³/mol. The standard InChI is InChI=1S/C26H35BrN2O3S/c1-19(2)22-12-8-11-21(15-22)17-28-26(30)23-13-14-24(27)25(16-23)33(31,32)29(3)18-20-9-6-4-5-7-10-20/h4-7,9,13-14,16,19,21-22H,8,10-12,15,17-18H2,1-3H3,(H,28,30)/t21-,22+/m0/s1. The molecule has 2 aliphatic rings. The maximum atomic E-state index is 13.3. The van der Waals surface area contributed by atoms with E-state index in [9.17, 15) is 13.2 Å². The van der Waals surface area contributed by atoms with E-state index in [2.05, 4.69) is 35.1 Å². The van der Waals surface area contributed by atoms with Crippen LogP contribution in [0.3, 0.4) is 0 Å². The molecule has 7 heteroatoms. The molecule has 0 saturated heterocycles. The van der Waals surface area contributed by atoms with Crippen LogP contribution in [0, 0.1) is 17.8 Å².